The zero-order valence-electron chi connectivity index (χ0n) is 9.03. The Bertz CT molecular complexity index is 234. The molecular formula is C11H19N3. The second kappa shape index (κ2) is 6.51. The molecule has 0 aliphatic rings. The zero-order chi connectivity index (χ0) is 10.2. The summed E-state index contributed by atoms with van der Waals surface area (Å²) in [6, 6.07) is 6.04. The average molecular weight is 193 g/mol. The molecule has 0 saturated carbocycles. The van der Waals surface area contributed by atoms with Crippen LogP contribution in [0, 0.1) is 0 Å². The molecule has 0 bridgehead atoms. The lowest BCUT2D eigenvalue weighted by Gasteiger charge is -2.09. The number of hydrogen-bond acceptors (Lipinski definition) is 3. The largest absolute Gasteiger partial charge is 0.315 e. The third-order valence-corrected chi connectivity index (χ3v) is 2.02. The Morgan fingerprint density at radius 3 is 2.79 bits per heavy atom. The number of nitrogens with one attached hydrogen (secondary N) is 1. The number of rotatable bonds is 6. The van der Waals surface area contributed by atoms with Gasteiger partial charge >= 0.3 is 0 Å². The van der Waals surface area contributed by atoms with Crippen LogP contribution in [-0.4, -0.2) is 43.6 Å². The number of pyridine rings is 1. The molecule has 1 aromatic rings. The number of nitrogens with zero attached hydrogens (tertiary/aromatic N) is 2. The first-order valence-electron chi connectivity index (χ1n) is 5.04. The maximum absolute atomic E-state index is 4.26. The fourth-order valence-electron chi connectivity index (χ4n) is 1.19. The molecule has 78 valence electrons. The van der Waals surface area contributed by atoms with Crippen molar-refractivity contribution in [1.82, 2.24) is 15.2 Å². The summed E-state index contributed by atoms with van der Waals surface area (Å²) in [6.45, 7) is 3.13. The summed E-state index contributed by atoms with van der Waals surface area (Å²) in [5.74, 6) is 0. The molecule has 0 amide bonds. The van der Waals surface area contributed by atoms with Gasteiger partial charge in [-0.1, -0.05) is 6.07 Å². The highest BCUT2D eigenvalue weighted by Crippen LogP contribution is 1.92. The lowest BCUT2D eigenvalue weighted by atomic mass is 10.3. The fraction of sp³-hybridized carbons (Fsp3) is 0.545. The lowest BCUT2D eigenvalue weighted by molar-refractivity contribution is 0.401. The van der Waals surface area contributed by atoms with Crippen molar-refractivity contribution < 1.29 is 0 Å². The van der Waals surface area contributed by atoms with Crippen molar-refractivity contribution in [2.24, 2.45) is 0 Å². The van der Waals surface area contributed by atoms with E-state index in [-0.39, 0.29) is 0 Å². The molecular weight excluding hydrogens is 174 g/mol. The van der Waals surface area contributed by atoms with Gasteiger partial charge in [-0.25, -0.2) is 0 Å². The molecule has 1 aromatic heterocycles. The Balaban J connectivity index is 2.05. The monoisotopic (exact) mass is 193 g/mol. The first-order chi connectivity index (χ1) is 6.79. The van der Waals surface area contributed by atoms with Crippen LogP contribution in [0.15, 0.2) is 24.4 Å². The fourth-order valence-corrected chi connectivity index (χ4v) is 1.19. The van der Waals surface area contributed by atoms with Gasteiger partial charge in [-0.2, -0.15) is 0 Å². The molecule has 0 unspecified atom stereocenters. The van der Waals surface area contributed by atoms with E-state index in [1.54, 1.807) is 0 Å². The van der Waals surface area contributed by atoms with Crippen LogP contribution in [0.1, 0.15) is 5.69 Å². The number of hydrogen-bond donors (Lipinski definition) is 1. The van der Waals surface area contributed by atoms with Crippen LogP contribution in [0.2, 0.25) is 0 Å². The number of aromatic nitrogens is 1. The standard InChI is InChI=1S/C11H19N3/c1-14(2)10-9-12-8-6-11-5-3-4-7-13-11/h3-5,7,12H,6,8-10H2,1-2H3. The summed E-state index contributed by atoms with van der Waals surface area (Å²) in [7, 11) is 4.17. The first kappa shape index (κ1) is 11.1. The van der Waals surface area contributed by atoms with Crippen molar-refractivity contribution in [1.29, 1.82) is 0 Å². The normalized spacial score (nSPS) is 10.8. The molecule has 14 heavy (non-hydrogen) atoms. The van der Waals surface area contributed by atoms with E-state index in [1.807, 2.05) is 18.3 Å². The molecule has 1 N–H and O–H groups in total. The summed E-state index contributed by atoms with van der Waals surface area (Å²) in [6.07, 6.45) is 2.85. The Morgan fingerprint density at radius 2 is 2.14 bits per heavy atom. The molecule has 0 aliphatic carbocycles. The van der Waals surface area contributed by atoms with Crippen molar-refractivity contribution in [3.8, 4) is 0 Å². The van der Waals surface area contributed by atoms with E-state index in [2.05, 4.69) is 35.4 Å². The molecule has 0 fully saturated rings. The molecule has 0 spiro atoms. The molecule has 0 aliphatic heterocycles. The quantitative estimate of drug-likeness (QED) is 0.677. The first-order valence-corrected chi connectivity index (χ1v) is 5.04. The van der Waals surface area contributed by atoms with Crippen molar-refractivity contribution in [2.75, 3.05) is 33.7 Å². The smallest absolute Gasteiger partial charge is 0.0416 e. The summed E-state index contributed by atoms with van der Waals surface area (Å²) in [4.78, 5) is 6.44. The third kappa shape index (κ3) is 4.94. The van der Waals surface area contributed by atoms with E-state index in [9.17, 15) is 0 Å². The van der Waals surface area contributed by atoms with Gasteiger partial charge < -0.3 is 10.2 Å². The minimum Gasteiger partial charge on any atom is -0.315 e. The highest BCUT2D eigenvalue weighted by molar-refractivity contribution is 5.03. The maximum Gasteiger partial charge on any atom is 0.0416 e. The molecule has 3 nitrogen and oxygen atoms in total. The van der Waals surface area contributed by atoms with Crippen LogP contribution >= 0.6 is 0 Å². The molecule has 0 radical (unpaired) electrons. The SMILES string of the molecule is CN(C)CCNCCc1ccccn1. The molecule has 1 rings (SSSR count). The van der Waals surface area contributed by atoms with Gasteiger partial charge in [0.25, 0.3) is 0 Å². The average Bonchev–Trinajstić information content (AvgIpc) is 2.18. The zero-order valence-corrected chi connectivity index (χ0v) is 9.03. The topological polar surface area (TPSA) is 28.2 Å². The van der Waals surface area contributed by atoms with E-state index in [4.69, 9.17) is 0 Å². The molecule has 3 heteroatoms. The number of likely N-dealkylation sites (N-methyl/N-ethyl adjacent to an activating group) is 1. The molecule has 0 saturated heterocycles. The molecule has 1 heterocycles. The van der Waals surface area contributed by atoms with Gasteiger partial charge in [-0.05, 0) is 26.2 Å². The van der Waals surface area contributed by atoms with E-state index >= 15 is 0 Å². The van der Waals surface area contributed by atoms with Crippen LogP contribution in [-0.2, 0) is 6.42 Å². The molecule has 0 aromatic carbocycles. The highest BCUT2D eigenvalue weighted by atomic mass is 15.1. The highest BCUT2D eigenvalue weighted by Gasteiger charge is 1.93. The second-order valence-corrected chi connectivity index (χ2v) is 3.62. The van der Waals surface area contributed by atoms with Gasteiger partial charge in [0.2, 0.25) is 0 Å². The Morgan fingerprint density at radius 1 is 1.29 bits per heavy atom. The lowest BCUT2D eigenvalue weighted by Crippen LogP contribution is -2.28. The predicted octanol–water partition coefficient (Wildman–Crippen LogP) is 0.775. The van der Waals surface area contributed by atoms with Crippen LogP contribution < -0.4 is 5.32 Å². The third-order valence-electron chi connectivity index (χ3n) is 2.02. The maximum atomic E-state index is 4.26. The van der Waals surface area contributed by atoms with Gasteiger partial charge in [0.15, 0.2) is 0 Å². The van der Waals surface area contributed by atoms with Crippen molar-refractivity contribution >= 4 is 0 Å². The van der Waals surface area contributed by atoms with Crippen molar-refractivity contribution in [3.63, 3.8) is 0 Å². The van der Waals surface area contributed by atoms with E-state index in [0.717, 1.165) is 31.7 Å². The van der Waals surface area contributed by atoms with E-state index in [1.165, 1.54) is 0 Å². The summed E-state index contributed by atoms with van der Waals surface area (Å²) >= 11 is 0. The second-order valence-electron chi connectivity index (χ2n) is 3.62. The summed E-state index contributed by atoms with van der Waals surface area (Å²) < 4.78 is 0. The van der Waals surface area contributed by atoms with Crippen LogP contribution in [0.5, 0.6) is 0 Å². The Kier molecular flexibility index (Phi) is 5.19. The Hall–Kier alpha value is -0.930. The minimum atomic E-state index is 1.00. The summed E-state index contributed by atoms with van der Waals surface area (Å²) in [5, 5.41) is 3.38. The van der Waals surface area contributed by atoms with Crippen molar-refractivity contribution in [3.05, 3.63) is 30.1 Å². The van der Waals surface area contributed by atoms with E-state index < -0.39 is 0 Å². The van der Waals surface area contributed by atoms with Gasteiger partial charge in [-0.3, -0.25) is 4.98 Å². The predicted molar refractivity (Wildman–Crippen MR) is 59.4 cm³/mol. The Labute approximate surface area is 86.2 Å². The molecule has 0 atom stereocenters. The van der Waals surface area contributed by atoms with Gasteiger partial charge in [-0.15, -0.1) is 0 Å². The van der Waals surface area contributed by atoms with Gasteiger partial charge in [0.05, 0.1) is 0 Å². The van der Waals surface area contributed by atoms with Gasteiger partial charge in [0, 0.05) is 37.9 Å². The van der Waals surface area contributed by atoms with E-state index in [0.29, 0.717) is 0 Å². The van der Waals surface area contributed by atoms with Gasteiger partial charge in [0.1, 0.15) is 0 Å². The summed E-state index contributed by atoms with van der Waals surface area (Å²) in [5.41, 5.74) is 1.16. The van der Waals surface area contributed by atoms with Crippen molar-refractivity contribution in [2.45, 2.75) is 6.42 Å². The van der Waals surface area contributed by atoms with Crippen LogP contribution in [0.4, 0.5) is 0 Å². The minimum absolute atomic E-state index is 1.00. The van der Waals surface area contributed by atoms with Crippen LogP contribution in [0.25, 0.3) is 0 Å². The van der Waals surface area contributed by atoms with Crippen LogP contribution in [0.3, 0.4) is 0 Å².